The first-order chi connectivity index (χ1) is 12.3. The van der Waals surface area contributed by atoms with Gasteiger partial charge in [-0.3, -0.25) is 4.79 Å². The number of hydrogen-bond donors (Lipinski definition) is 3. The molecule has 9 heteroatoms. The average molecular weight is 377 g/mol. The average Bonchev–Trinajstić information content (AvgIpc) is 2.55. The standard InChI is InChI=1S/C17H15NO7S/c18-5-6-26(22,23)25-15-8-12(20)7-14-16(15)17(21)13(9-24-14)10-1-3-11(19)4-2-10/h1-4,7-9,19-20H,5-6,18H2. The van der Waals surface area contributed by atoms with Crippen molar-refractivity contribution in [1.82, 2.24) is 0 Å². The van der Waals surface area contributed by atoms with Crippen LogP contribution in [0.5, 0.6) is 17.2 Å². The summed E-state index contributed by atoms with van der Waals surface area (Å²) < 4.78 is 34.2. The Labute approximate surface area is 148 Å². The van der Waals surface area contributed by atoms with E-state index in [2.05, 4.69) is 0 Å². The first kappa shape index (κ1) is 17.8. The first-order valence-electron chi connectivity index (χ1n) is 7.51. The van der Waals surface area contributed by atoms with Gasteiger partial charge in [0.1, 0.15) is 28.7 Å². The van der Waals surface area contributed by atoms with Crippen molar-refractivity contribution in [3.05, 3.63) is 52.9 Å². The van der Waals surface area contributed by atoms with Crippen molar-refractivity contribution in [3.63, 3.8) is 0 Å². The summed E-state index contributed by atoms with van der Waals surface area (Å²) in [5.41, 5.74) is 5.27. The van der Waals surface area contributed by atoms with Gasteiger partial charge in [0.25, 0.3) is 0 Å². The molecule has 0 aliphatic rings. The number of nitrogens with two attached hydrogens (primary N) is 1. The highest BCUT2D eigenvalue weighted by Gasteiger charge is 2.20. The molecule has 0 bridgehead atoms. The minimum atomic E-state index is -4.04. The van der Waals surface area contributed by atoms with Gasteiger partial charge in [-0.25, -0.2) is 0 Å². The van der Waals surface area contributed by atoms with Gasteiger partial charge in [0.2, 0.25) is 5.43 Å². The molecule has 0 atom stereocenters. The number of phenolic OH excluding ortho intramolecular Hbond substituents is 2. The van der Waals surface area contributed by atoms with Gasteiger partial charge in [0.15, 0.2) is 5.75 Å². The lowest BCUT2D eigenvalue weighted by Gasteiger charge is -2.10. The zero-order chi connectivity index (χ0) is 18.9. The molecule has 1 aromatic heterocycles. The van der Waals surface area contributed by atoms with Crippen molar-refractivity contribution in [2.45, 2.75) is 0 Å². The number of fused-ring (bicyclic) bond motifs is 1. The molecule has 8 nitrogen and oxygen atoms in total. The van der Waals surface area contributed by atoms with E-state index in [0.29, 0.717) is 5.56 Å². The van der Waals surface area contributed by atoms with Crippen molar-refractivity contribution < 1.29 is 27.2 Å². The van der Waals surface area contributed by atoms with E-state index in [1.54, 1.807) is 0 Å². The molecule has 1 heterocycles. The fourth-order valence-corrected chi connectivity index (χ4v) is 3.21. The molecule has 0 saturated carbocycles. The molecule has 3 aromatic rings. The SMILES string of the molecule is NCCS(=O)(=O)Oc1cc(O)cc2occ(-c3ccc(O)cc3)c(=O)c12. The van der Waals surface area contributed by atoms with Crippen LogP contribution in [0.25, 0.3) is 22.1 Å². The lowest BCUT2D eigenvalue weighted by molar-refractivity contribution is 0.463. The van der Waals surface area contributed by atoms with Gasteiger partial charge < -0.3 is 24.5 Å². The van der Waals surface area contributed by atoms with Gasteiger partial charge in [0.05, 0.1) is 11.3 Å². The molecule has 0 radical (unpaired) electrons. The molecule has 136 valence electrons. The van der Waals surface area contributed by atoms with E-state index < -0.39 is 21.3 Å². The molecule has 2 aromatic carbocycles. The van der Waals surface area contributed by atoms with Gasteiger partial charge in [-0.15, -0.1) is 0 Å². The molecule has 0 saturated heterocycles. The summed E-state index contributed by atoms with van der Waals surface area (Å²) in [5.74, 6) is -1.09. The van der Waals surface area contributed by atoms with Crippen molar-refractivity contribution >= 4 is 21.1 Å². The van der Waals surface area contributed by atoms with Crippen molar-refractivity contribution in [2.24, 2.45) is 5.73 Å². The Morgan fingerprint density at radius 2 is 1.77 bits per heavy atom. The van der Waals surface area contributed by atoms with E-state index in [9.17, 15) is 23.4 Å². The van der Waals surface area contributed by atoms with Crippen LogP contribution in [-0.4, -0.2) is 30.9 Å². The highest BCUT2D eigenvalue weighted by Crippen LogP contribution is 2.31. The molecule has 0 aliphatic carbocycles. The van der Waals surface area contributed by atoms with Crippen LogP contribution in [0.4, 0.5) is 0 Å². The van der Waals surface area contributed by atoms with Crippen LogP contribution in [0, 0.1) is 0 Å². The second-order valence-electron chi connectivity index (χ2n) is 5.48. The van der Waals surface area contributed by atoms with Crippen LogP contribution in [0.3, 0.4) is 0 Å². The second-order valence-corrected chi connectivity index (χ2v) is 7.17. The molecule has 0 unspecified atom stereocenters. The Balaban J connectivity index is 2.23. The Morgan fingerprint density at radius 3 is 2.42 bits per heavy atom. The van der Waals surface area contributed by atoms with Gasteiger partial charge in [-0.05, 0) is 17.7 Å². The molecule has 0 fully saturated rings. The van der Waals surface area contributed by atoms with Crippen LogP contribution in [0.2, 0.25) is 0 Å². The van der Waals surface area contributed by atoms with Gasteiger partial charge in [-0.2, -0.15) is 8.42 Å². The van der Waals surface area contributed by atoms with E-state index in [4.69, 9.17) is 14.3 Å². The lowest BCUT2D eigenvalue weighted by Crippen LogP contribution is -2.21. The first-order valence-corrected chi connectivity index (χ1v) is 9.08. The monoisotopic (exact) mass is 377 g/mol. The highest BCUT2D eigenvalue weighted by molar-refractivity contribution is 7.87. The maximum absolute atomic E-state index is 12.9. The third-order valence-corrected chi connectivity index (χ3v) is 4.76. The zero-order valence-electron chi connectivity index (χ0n) is 13.4. The number of phenols is 2. The highest BCUT2D eigenvalue weighted by atomic mass is 32.2. The van der Waals surface area contributed by atoms with Crippen molar-refractivity contribution in [3.8, 4) is 28.4 Å². The molecular formula is C17H15NO7S. The molecular weight excluding hydrogens is 362 g/mol. The van der Waals surface area contributed by atoms with Crippen LogP contribution in [0.15, 0.2) is 51.9 Å². The fourth-order valence-electron chi connectivity index (χ4n) is 2.43. The molecule has 0 amide bonds. The van der Waals surface area contributed by atoms with Crippen LogP contribution in [-0.2, 0) is 10.1 Å². The lowest BCUT2D eigenvalue weighted by atomic mass is 10.0. The van der Waals surface area contributed by atoms with E-state index in [-0.39, 0.29) is 40.3 Å². The van der Waals surface area contributed by atoms with E-state index >= 15 is 0 Å². The summed E-state index contributed by atoms with van der Waals surface area (Å²) in [4.78, 5) is 12.9. The number of hydrogen-bond acceptors (Lipinski definition) is 8. The smallest absolute Gasteiger partial charge is 0.310 e. The summed E-state index contributed by atoms with van der Waals surface area (Å²) in [6.07, 6.45) is 1.19. The summed E-state index contributed by atoms with van der Waals surface area (Å²) in [6, 6.07) is 8.03. The predicted molar refractivity (Wildman–Crippen MR) is 94.7 cm³/mol. The minimum absolute atomic E-state index is 0.0285. The quantitative estimate of drug-likeness (QED) is 0.569. The molecule has 0 spiro atoms. The van der Waals surface area contributed by atoms with Gasteiger partial charge in [0, 0.05) is 18.7 Å². The number of benzene rings is 2. The number of rotatable bonds is 5. The third-order valence-electron chi connectivity index (χ3n) is 3.59. The molecule has 0 aliphatic heterocycles. The van der Waals surface area contributed by atoms with Crippen LogP contribution in [0.1, 0.15) is 0 Å². The van der Waals surface area contributed by atoms with Crippen LogP contribution < -0.4 is 15.3 Å². The second kappa shape index (κ2) is 6.70. The van der Waals surface area contributed by atoms with Crippen molar-refractivity contribution in [1.29, 1.82) is 0 Å². The zero-order valence-corrected chi connectivity index (χ0v) is 14.2. The van der Waals surface area contributed by atoms with Crippen LogP contribution >= 0.6 is 0 Å². The van der Waals surface area contributed by atoms with E-state index in [0.717, 1.165) is 6.07 Å². The largest absolute Gasteiger partial charge is 0.508 e. The molecule has 4 N–H and O–H groups in total. The number of aromatic hydroxyl groups is 2. The van der Waals surface area contributed by atoms with Crippen molar-refractivity contribution in [2.75, 3.05) is 12.3 Å². The molecule has 3 rings (SSSR count). The topological polar surface area (TPSA) is 140 Å². The Bertz CT molecular complexity index is 1120. The Kier molecular flexibility index (Phi) is 4.58. The van der Waals surface area contributed by atoms with E-state index in [1.165, 1.54) is 36.6 Å². The third kappa shape index (κ3) is 3.48. The summed E-state index contributed by atoms with van der Waals surface area (Å²) in [7, 11) is -4.04. The maximum atomic E-state index is 12.9. The maximum Gasteiger partial charge on any atom is 0.310 e. The summed E-state index contributed by atoms with van der Waals surface area (Å²) in [6.45, 7) is -0.160. The Morgan fingerprint density at radius 1 is 1.08 bits per heavy atom. The fraction of sp³-hybridized carbons (Fsp3) is 0.118. The minimum Gasteiger partial charge on any atom is -0.508 e. The Hall–Kier alpha value is -3.04. The molecule has 26 heavy (non-hydrogen) atoms. The summed E-state index contributed by atoms with van der Waals surface area (Å²) >= 11 is 0. The van der Waals surface area contributed by atoms with Gasteiger partial charge >= 0.3 is 10.1 Å². The normalized spacial score (nSPS) is 11.6. The van der Waals surface area contributed by atoms with Gasteiger partial charge in [-0.1, -0.05) is 12.1 Å². The predicted octanol–water partition coefficient (Wildman–Crippen LogP) is 1.54. The van der Waals surface area contributed by atoms with E-state index in [1.807, 2.05) is 0 Å². The summed E-state index contributed by atoms with van der Waals surface area (Å²) in [5, 5.41) is 19.0.